The van der Waals surface area contributed by atoms with E-state index in [2.05, 4.69) is 5.32 Å². The molecule has 1 fully saturated rings. The van der Waals surface area contributed by atoms with Crippen LogP contribution in [0.15, 0.2) is 34.0 Å². The summed E-state index contributed by atoms with van der Waals surface area (Å²) >= 11 is 8.40. The molecular formula is C18H18ClF3N2O4S2. The summed E-state index contributed by atoms with van der Waals surface area (Å²) in [5, 5.41) is 35.5. The smallest absolute Gasteiger partial charge is 0.194 e. The fourth-order valence-electron chi connectivity index (χ4n) is 2.84. The standard InChI is InChI=1S/C18H18ClF3N2O4S2/c19-8-3-13(29-6-8)30-18-17(27)15(16(26)12(5-25)28-18)24-4-11(23)7-1-9(20)14(22)10(21)2-7/h1-4,6,12,15-18,24-27H,5,23H2/b11-4-. The highest BCUT2D eigenvalue weighted by atomic mass is 35.5. The normalized spacial score (nSPS) is 27.3. The Labute approximate surface area is 183 Å². The van der Waals surface area contributed by atoms with Crippen LogP contribution in [-0.4, -0.2) is 51.7 Å². The molecular weight excluding hydrogens is 465 g/mol. The van der Waals surface area contributed by atoms with Crippen LogP contribution in [0.4, 0.5) is 13.2 Å². The Kier molecular flexibility index (Phi) is 7.56. The van der Waals surface area contributed by atoms with Crippen molar-refractivity contribution >= 4 is 40.4 Å². The summed E-state index contributed by atoms with van der Waals surface area (Å²) in [6, 6.07) is 2.10. The van der Waals surface area contributed by atoms with Gasteiger partial charge in [-0.15, -0.1) is 11.3 Å². The maximum Gasteiger partial charge on any atom is 0.194 e. The number of nitrogens with two attached hydrogens (primary N) is 1. The molecule has 0 radical (unpaired) electrons. The average molecular weight is 483 g/mol. The van der Waals surface area contributed by atoms with Crippen LogP contribution in [0.5, 0.6) is 0 Å². The molecule has 6 N–H and O–H groups in total. The first-order valence-corrected chi connectivity index (χ1v) is 10.7. The van der Waals surface area contributed by atoms with E-state index in [1.54, 1.807) is 11.4 Å². The molecule has 1 aromatic carbocycles. The molecule has 2 aromatic rings. The molecule has 1 saturated heterocycles. The summed E-state index contributed by atoms with van der Waals surface area (Å²) in [6.07, 6.45) is -2.44. The van der Waals surface area contributed by atoms with Crippen LogP contribution in [0.1, 0.15) is 5.56 Å². The predicted octanol–water partition coefficient (Wildman–Crippen LogP) is 2.27. The fourth-order valence-corrected chi connectivity index (χ4v) is 5.29. The molecule has 164 valence electrons. The minimum atomic E-state index is -1.62. The summed E-state index contributed by atoms with van der Waals surface area (Å²) in [5.74, 6) is -4.42. The van der Waals surface area contributed by atoms with Crippen molar-refractivity contribution in [2.75, 3.05) is 6.61 Å². The van der Waals surface area contributed by atoms with Gasteiger partial charge >= 0.3 is 0 Å². The van der Waals surface area contributed by atoms with E-state index >= 15 is 0 Å². The number of aliphatic hydroxyl groups excluding tert-OH is 3. The van der Waals surface area contributed by atoms with Crippen molar-refractivity contribution in [1.82, 2.24) is 5.32 Å². The third-order valence-electron chi connectivity index (χ3n) is 4.41. The lowest BCUT2D eigenvalue weighted by atomic mass is 9.97. The topological polar surface area (TPSA) is 108 Å². The minimum absolute atomic E-state index is 0.132. The van der Waals surface area contributed by atoms with Crippen LogP contribution in [0, 0.1) is 17.5 Å². The van der Waals surface area contributed by atoms with Crippen LogP contribution in [0.25, 0.3) is 5.70 Å². The third-order valence-corrected chi connectivity index (χ3v) is 7.03. The zero-order valence-electron chi connectivity index (χ0n) is 15.1. The molecule has 0 spiro atoms. The largest absolute Gasteiger partial charge is 0.397 e. The van der Waals surface area contributed by atoms with Gasteiger partial charge in [-0.05, 0) is 18.2 Å². The molecule has 0 saturated carbocycles. The Bertz CT molecular complexity index is 910. The molecule has 0 aliphatic carbocycles. The lowest BCUT2D eigenvalue weighted by Crippen LogP contribution is -2.62. The van der Waals surface area contributed by atoms with Crippen LogP contribution >= 0.6 is 34.7 Å². The van der Waals surface area contributed by atoms with Crippen molar-refractivity contribution in [2.24, 2.45) is 5.73 Å². The lowest BCUT2D eigenvalue weighted by Gasteiger charge is -2.42. The van der Waals surface area contributed by atoms with Gasteiger partial charge in [-0.3, -0.25) is 0 Å². The van der Waals surface area contributed by atoms with E-state index in [9.17, 15) is 28.5 Å². The lowest BCUT2D eigenvalue weighted by molar-refractivity contribution is -0.164. The quantitative estimate of drug-likeness (QED) is 0.402. The van der Waals surface area contributed by atoms with E-state index in [1.165, 1.54) is 11.3 Å². The molecule has 1 aromatic heterocycles. The maximum atomic E-state index is 13.4. The number of nitrogens with one attached hydrogen (secondary N) is 1. The summed E-state index contributed by atoms with van der Waals surface area (Å²) < 4.78 is 46.3. The molecule has 12 heteroatoms. The van der Waals surface area contributed by atoms with Crippen molar-refractivity contribution in [3.05, 3.63) is 57.8 Å². The highest BCUT2D eigenvalue weighted by Crippen LogP contribution is 2.37. The van der Waals surface area contributed by atoms with Crippen molar-refractivity contribution in [1.29, 1.82) is 0 Å². The Balaban J connectivity index is 1.78. The highest BCUT2D eigenvalue weighted by molar-refractivity contribution is 8.01. The summed E-state index contributed by atoms with van der Waals surface area (Å²) in [6.45, 7) is -0.512. The molecule has 1 aliphatic rings. The van der Waals surface area contributed by atoms with Gasteiger partial charge < -0.3 is 31.1 Å². The number of thioether (sulfide) groups is 1. The number of halogens is 4. The van der Waals surface area contributed by atoms with E-state index in [0.29, 0.717) is 5.02 Å². The van der Waals surface area contributed by atoms with E-state index in [1.807, 2.05) is 0 Å². The van der Waals surface area contributed by atoms with Crippen LogP contribution in [0.2, 0.25) is 5.02 Å². The molecule has 5 unspecified atom stereocenters. The zero-order chi connectivity index (χ0) is 22.0. The van der Waals surface area contributed by atoms with Gasteiger partial charge in [0.25, 0.3) is 0 Å². The van der Waals surface area contributed by atoms with E-state index in [0.717, 1.165) is 34.3 Å². The summed E-state index contributed by atoms with van der Waals surface area (Å²) in [4.78, 5) is 0. The second-order valence-corrected chi connectivity index (χ2v) is 9.20. The Morgan fingerprint density at radius 2 is 1.90 bits per heavy atom. The van der Waals surface area contributed by atoms with Gasteiger partial charge in [0.2, 0.25) is 0 Å². The van der Waals surface area contributed by atoms with Crippen LogP contribution < -0.4 is 11.1 Å². The molecule has 30 heavy (non-hydrogen) atoms. The SMILES string of the molecule is N/C(=C\NC1C(O)C(CO)OC(Sc2cc(Cl)cs2)C1O)c1cc(F)c(F)c(F)c1. The van der Waals surface area contributed by atoms with E-state index < -0.39 is 53.8 Å². The Morgan fingerprint density at radius 1 is 1.23 bits per heavy atom. The third kappa shape index (κ3) is 5.05. The summed E-state index contributed by atoms with van der Waals surface area (Å²) in [5.41, 5.74) is 4.66. The fraction of sp³-hybridized carbons (Fsp3) is 0.333. The molecule has 1 aliphatic heterocycles. The number of benzene rings is 1. The second-order valence-electron chi connectivity index (χ2n) is 6.45. The van der Waals surface area contributed by atoms with Gasteiger partial charge in [-0.1, -0.05) is 23.4 Å². The molecule has 5 atom stereocenters. The molecule has 0 amide bonds. The predicted molar refractivity (Wildman–Crippen MR) is 108 cm³/mol. The van der Waals surface area contributed by atoms with Gasteiger partial charge in [0, 0.05) is 17.1 Å². The van der Waals surface area contributed by atoms with Gasteiger partial charge in [0.05, 0.1) is 27.6 Å². The first-order chi connectivity index (χ1) is 14.2. The first kappa shape index (κ1) is 23.2. The number of rotatable bonds is 6. The number of hydrogen-bond donors (Lipinski definition) is 5. The van der Waals surface area contributed by atoms with Gasteiger partial charge in [0.1, 0.15) is 23.7 Å². The van der Waals surface area contributed by atoms with E-state index in [-0.39, 0.29) is 11.3 Å². The van der Waals surface area contributed by atoms with Crippen LogP contribution in [-0.2, 0) is 4.74 Å². The zero-order valence-corrected chi connectivity index (χ0v) is 17.5. The van der Waals surface area contributed by atoms with E-state index in [4.69, 9.17) is 22.1 Å². The second kappa shape index (κ2) is 9.77. The molecule has 2 heterocycles. The van der Waals surface area contributed by atoms with Crippen LogP contribution in [0.3, 0.4) is 0 Å². The molecule has 3 rings (SSSR count). The first-order valence-electron chi connectivity index (χ1n) is 8.61. The van der Waals surface area contributed by atoms with Crippen molar-refractivity contribution in [3.63, 3.8) is 0 Å². The maximum absolute atomic E-state index is 13.4. The molecule has 6 nitrogen and oxygen atoms in total. The number of aliphatic hydroxyl groups is 3. The number of hydrogen-bond acceptors (Lipinski definition) is 8. The van der Waals surface area contributed by atoms with Crippen molar-refractivity contribution in [2.45, 2.75) is 34.0 Å². The minimum Gasteiger partial charge on any atom is -0.397 e. The van der Waals surface area contributed by atoms with Gasteiger partial charge in [-0.25, -0.2) is 13.2 Å². The average Bonchev–Trinajstić information content (AvgIpc) is 3.12. The monoisotopic (exact) mass is 482 g/mol. The Morgan fingerprint density at radius 3 is 2.47 bits per heavy atom. The number of thiophene rings is 1. The summed E-state index contributed by atoms with van der Waals surface area (Å²) in [7, 11) is 0. The number of ether oxygens (including phenoxy) is 1. The van der Waals surface area contributed by atoms with Crippen molar-refractivity contribution < 1.29 is 33.2 Å². The van der Waals surface area contributed by atoms with Gasteiger partial charge in [-0.2, -0.15) is 0 Å². The highest BCUT2D eigenvalue weighted by Gasteiger charge is 2.44. The van der Waals surface area contributed by atoms with Crippen molar-refractivity contribution in [3.8, 4) is 0 Å². The Hall–Kier alpha value is -1.47. The van der Waals surface area contributed by atoms with Gasteiger partial charge in [0.15, 0.2) is 17.5 Å². The molecule has 0 bridgehead atoms.